The SMILES string of the molecule is CC[C@@]1(O)C(=O)OCc2c1cc1n(c2=O)Cc2c-1nc1cc(F)c(C)c3c1c2[C@@H](NC(=O)CNC(=O)[C@H](C)NC(=O)CNC(=O)CNC(=O)[C@H](CCCCN)NC)CC3. The number of rotatable bonds is 16. The van der Waals surface area contributed by atoms with Gasteiger partial charge in [-0.2, -0.15) is 0 Å². The summed E-state index contributed by atoms with van der Waals surface area (Å²) in [6, 6.07) is 0.683. The lowest BCUT2D eigenvalue weighted by atomic mass is 9.81. The van der Waals surface area contributed by atoms with E-state index in [4.69, 9.17) is 15.5 Å². The predicted molar refractivity (Wildman–Crippen MR) is 211 cm³/mol. The topological polar surface area (TPSA) is 265 Å². The molecule has 5 amide bonds. The number of nitrogens with two attached hydrogens (primary N) is 1. The van der Waals surface area contributed by atoms with Crippen molar-refractivity contribution < 1.29 is 43.0 Å². The third-order valence-electron chi connectivity index (χ3n) is 11.4. The van der Waals surface area contributed by atoms with E-state index in [9.17, 15) is 38.7 Å². The maximum Gasteiger partial charge on any atom is 0.343 e. The van der Waals surface area contributed by atoms with Crippen LogP contribution in [0.25, 0.3) is 22.3 Å². The van der Waals surface area contributed by atoms with Gasteiger partial charge in [0.05, 0.1) is 60.7 Å². The second kappa shape index (κ2) is 17.6. The van der Waals surface area contributed by atoms with Gasteiger partial charge in [0, 0.05) is 22.6 Å². The number of halogens is 1. The Kier molecular flexibility index (Phi) is 12.8. The normalized spacial score (nSPS) is 18.4. The Morgan fingerprint density at radius 1 is 1.02 bits per heavy atom. The largest absolute Gasteiger partial charge is 0.458 e. The summed E-state index contributed by atoms with van der Waals surface area (Å²) in [5.74, 6) is -4.18. The van der Waals surface area contributed by atoms with Gasteiger partial charge in [-0.15, -0.1) is 0 Å². The highest BCUT2D eigenvalue weighted by Crippen LogP contribution is 2.46. The van der Waals surface area contributed by atoms with E-state index in [1.807, 2.05) is 0 Å². The summed E-state index contributed by atoms with van der Waals surface area (Å²) in [6.45, 7) is 3.69. The Hall–Kier alpha value is -5.79. The molecule has 1 aromatic carbocycles. The average molecular weight is 820 g/mol. The summed E-state index contributed by atoms with van der Waals surface area (Å²) in [4.78, 5) is 94.8. The highest BCUT2D eigenvalue weighted by molar-refractivity contribution is 5.95. The maximum atomic E-state index is 15.3. The van der Waals surface area contributed by atoms with Crippen molar-refractivity contribution >= 4 is 46.4 Å². The molecule has 9 N–H and O–H groups in total. The van der Waals surface area contributed by atoms with E-state index < -0.39 is 77.8 Å². The van der Waals surface area contributed by atoms with Crippen molar-refractivity contribution in [3.8, 4) is 11.4 Å². The number of nitrogens with zero attached hydrogens (tertiary/aromatic N) is 2. The standard InChI is InChI=1S/C40H50FN9O9/c1-5-40(58)24-12-29-35-22(17-50(29)38(56)23(24)18-59-39(40)57)34-26(10-9-21-19(2)25(41)13-28(49-35)33(21)34)48-32(53)16-45-36(54)20(3)47-31(52)15-44-30(51)14-46-37(55)27(43-4)8-6-7-11-42/h12-13,20,26-27,43,58H,5-11,14-18,42H2,1-4H3,(H,44,51)(H,45,54)(H,46,55)(H,47,52)(H,48,53)/t20-,26-,27-,40-/m0/s1. The van der Waals surface area contributed by atoms with E-state index in [0.717, 1.165) is 18.4 Å². The van der Waals surface area contributed by atoms with Crippen LogP contribution in [0, 0.1) is 12.7 Å². The van der Waals surface area contributed by atoms with Gasteiger partial charge >= 0.3 is 5.97 Å². The van der Waals surface area contributed by atoms with Crippen LogP contribution in [-0.2, 0) is 58.7 Å². The molecular formula is C40H50FN9O9. The van der Waals surface area contributed by atoms with Gasteiger partial charge in [-0.25, -0.2) is 14.2 Å². The minimum atomic E-state index is -2.04. The third kappa shape index (κ3) is 8.40. The first kappa shape index (κ1) is 42.8. The quantitative estimate of drug-likeness (QED) is 0.0511. The van der Waals surface area contributed by atoms with Crippen molar-refractivity contribution in [1.29, 1.82) is 0 Å². The van der Waals surface area contributed by atoms with Gasteiger partial charge < -0.3 is 52.0 Å². The fraction of sp³-hybridized carbons (Fsp3) is 0.500. The molecule has 0 spiro atoms. The molecule has 4 heterocycles. The molecule has 59 heavy (non-hydrogen) atoms. The number of nitrogens with one attached hydrogen (secondary N) is 6. The number of carbonyl (C=O) groups is 6. The van der Waals surface area contributed by atoms with E-state index in [2.05, 4.69) is 31.9 Å². The summed E-state index contributed by atoms with van der Waals surface area (Å²) in [6.07, 6.45) is 2.80. The number of hydrogen-bond acceptors (Lipinski definition) is 12. The van der Waals surface area contributed by atoms with Crippen LogP contribution in [0.15, 0.2) is 16.9 Å². The number of unbranched alkanes of at least 4 members (excludes halogenated alkanes) is 1. The number of benzene rings is 1. The van der Waals surface area contributed by atoms with E-state index in [1.54, 1.807) is 27.0 Å². The average Bonchev–Trinajstić information content (AvgIpc) is 3.59. The number of amides is 5. The molecule has 0 unspecified atom stereocenters. The Bertz CT molecular complexity index is 2300. The van der Waals surface area contributed by atoms with Crippen molar-refractivity contribution in [2.24, 2.45) is 5.73 Å². The van der Waals surface area contributed by atoms with Gasteiger partial charge in [-0.05, 0) is 82.3 Å². The molecule has 1 aliphatic carbocycles. The zero-order valence-corrected chi connectivity index (χ0v) is 33.4. The van der Waals surface area contributed by atoms with Gasteiger partial charge in [-0.3, -0.25) is 28.8 Å². The number of likely N-dealkylation sites (N-methyl/N-ethyl adjacent to an activating group) is 1. The molecular weight excluding hydrogens is 769 g/mol. The first-order valence-corrected chi connectivity index (χ1v) is 19.7. The van der Waals surface area contributed by atoms with Crippen LogP contribution < -0.4 is 43.2 Å². The van der Waals surface area contributed by atoms with Crippen LogP contribution in [0.5, 0.6) is 0 Å². The van der Waals surface area contributed by atoms with Crippen LogP contribution in [0.3, 0.4) is 0 Å². The smallest absolute Gasteiger partial charge is 0.343 e. The lowest BCUT2D eigenvalue weighted by Gasteiger charge is -2.31. The lowest BCUT2D eigenvalue weighted by molar-refractivity contribution is -0.172. The molecule has 18 nitrogen and oxygen atoms in total. The first-order chi connectivity index (χ1) is 28.1. The fourth-order valence-electron chi connectivity index (χ4n) is 8.05. The van der Waals surface area contributed by atoms with E-state index in [1.165, 1.54) is 17.6 Å². The van der Waals surface area contributed by atoms with Crippen LogP contribution in [-0.4, -0.2) is 95.5 Å². The minimum absolute atomic E-state index is 0.0379. The molecule has 2 aromatic heterocycles. The van der Waals surface area contributed by atoms with Crippen molar-refractivity contribution in [2.75, 3.05) is 33.2 Å². The minimum Gasteiger partial charge on any atom is -0.458 e. The van der Waals surface area contributed by atoms with Gasteiger partial charge in [0.25, 0.3) is 5.56 Å². The molecule has 6 rings (SSSR count). The molecule has 2 aliphatic heterocycles. The van der Waals surface area contributed by atoms with Gasteiger partial charge in [0.1, 0.15) is 18.5 Å². The third-order valence-corrected chi connectivity index (χ3v) is 11.4. The van der Waals surface area contributed by atoms with Crippen molar-refractivity contribution in [1.82, 2.24) is 41.5 Å². The summed E-state index contributed by atoms with van der Waals surface area (Å²) >= 11 is 0. The van der Waals surface area contributed by atoms with E-state index in [0.29, 0.717) is 64.8 Å². The number of hydrogen-bond donors (Lipinski definition) is 8. The predicted octanol–water partition coefficient (Wildman–Crippen LogP) is -0.799. The van der Waals surface area contributed by atoms with Gasteiger partial charge in [-0.1, -0.05) is 13.3 Å². The highest BCUT2D eigenvalue weighted by Gasteiger charge is 2.46. The number of aromatic nitrogens is 2. The molecule has 0 saturated heterocycles. The second-order valence-electron chi connectivity index (χ2n) is 15.1. The number of aliphatic hydroxyl groups is 1. The summed E-state index contributed by atoms with van der Waals surface area (Å²) in [5, 5.41) is 27.7. The van der Waals surface area contributed by atoms with Crippen LogP contribution in [0.1, 0.15) is 85.4 Å². The monoisotopic (exact) mass is 819 g/mol. The summed E-state index contributed by atoms with van der Waals surface area (Å²) in [7, 11) is 1.64. The Morgan fingerprint density at radius 3 is 2.44 bits per heavy atom. The van der Waals surface area contributed by atoms with Crippen LogP contribution >= 0.6 is 0 Å². The number of fused-ring (bicyclic) bond motifs is 5. The second-order valence-corrected chi connectivity index (χ2v) is 15.1. The molecule has 3 aliphatic rings. The number of carbonyl (C=O) groups excluding carboxylic acids is 6. The fourth-order valence-corrected chi connectivity index (χ4v) is 8.05. The molecule has 0 bridgehead atoms. The van der Waals surface area contributed by atoms with Crippen molar-refractivity contribution in [3.05, 3.63) is 61.7 Å². The Morgan fingerprint density at radius 2 is 1.73 bits per heavy atom. The molecule has 0 fully saturated rings. The number of cyclic esters (lactones) is 1. The maximum absolute atomic E-state index is 15.3. The number of ether oxygens (including phenoxy) is 1. The number of esters is 1. The molecule has 0 saturated carbocycles. The Balaban J connectivity index is 1.10. The molecule has 0 radical (unpaired) electrons. The summed E-state index contributed by atoms with van der Waals surface area (Å²) < 4.78 is 21.9. The zero-order valence-electron chi connectivity index (χ0n) is 33.4. The molecule has 316 valence electrons. The highest BCUT2D eigenvalue weighted by atomic mass is 19.1. The molecule has 3 aromatic rings. The molecule has 4 atom stereocenters. The molecule has 19 heteroatoms. The lowest BCUT2D eigenvalue weighted by Crippen LogP contribution is -2.51. The van der Waals surface area contributed by atoms with E-state index >= 15 is 4.39 Å². The number of pyridine rings is 2. The van der Waals surface area contributed by atoms with Crippen LogP contribution in [0.4, 0.5) is 4.39 Å². The van der Waals surface area contributed by atoms with Crippen LogP contribution in [0.2, 0.25) is 0 Å². The van der Waals surface area contributed by atoms with Crippen molar-refractivity contribution in [2.45, 2.75) is 96.2 Å². The first-order valence-electron chi connectivity index (χ1n) is 19.7. The zero-order chi connectivity index (χ0) is 42.8. The Labute approximate surface area is 338 Å². The van der Waals surface area contributed by atoms with Gasteiger partial charge in [0.2, 0.25) is 29.5 Å². The summed E-state index contributed by atoms with van der Waals surface area (Å²) in [5.41, 5.74) is 6.74. The van der Waals surface area contributed by atoms with Gasteiger partial charge in [0.15, 0.2) is 5.60 Å². The van der Waals surface area contributed by atoms with E-state index in [-0.39, 0.29) is 43.2 Å². The van der Waals surface area contributed by atoms with Crippen molar-refractivity contribution in [3.63, 3.8) is 0 Å². The number of aryl methyl sites for hydroxylation is 1.